The fraction of sp³-hybridized carbons (Fsp3) is 0.346. The van der Waals surface area contributed by atoms with Crippen molar-refractivity contribution in [2.45, 2.75) is 34.1 Å². The van der Waals surface area contributed by atoms with Gasteiger partial charge in [0.1, 0.15) is 5.82 Å². The van der Waals surface area contributed by atoms with Crippen LogP contribution in [0.5, 0.6) is 0 Å². The number of piperazine rings is 1. The molecule has 0 saturated carbocycles. The normalized spacial score (nSPS) is 13.9. The van der Waals surface area contributed by atoms with Gasteiger partial charge in [-0.15, -0.1) is 0 Å². The maximum atomic E-state index is 12.8. The number of urea groups is 1. The molecular weight excluding hydrogens is 398 g/mol. The summed E-state index contributed by atoms with van der Waals surface area (Å²) < 4.78 is 0. The third kappa shape index (κ3) is 4.59. The molecule has 0 unspecified atom stereocenters. The van der Waals surface area contributed by atoms with Crippen molar-refractivity contribution in [3.8, 4) is 11.4 Å². The molecule has 1 fully saturated rings. The molecule has 1 aliphatic heterocycles. The highest BCUT2D eigenvalue weighted by Crippen LogP contribution is 2.26. The molecule has 2 aromatic carbocycles. The predicted octanol–water partition coefficient (Wildman–Crippen LogP) is 4.99. The van der Waals surface area contributed by atoms with Crippen molar-refractivity contribution in [3.05, 3.63) is 70.9 Å². The first-order valence-corrected chi connectivity index (χ1v) is 11.3. The first-order chi connectivity index (χ1) is 15.5. The molecule has 6 nitrogen and oxygen atoms in total. The molecule has 0 atom stereocenters. The topological polar surface area (TPSA) is 61.4 Å². The van der Waals surface area contributed by atoms with E-state index >= 15 is 0 Å². The van der Waals surface area contributed by atoms with Crippen LogP contribution in [0.4, 0.5) is 16.3 Å². The number of carbonyl (C=O) groups excluding carboxylic acids is 1. The first kappa shape index (κ1) is 21.8. The van der Waals surface area contributed by atoms with Gasteiger partial charge in [-0.05, 0) is 38.8 Å². The molecule has 166 valence electrons. The van der Waals surface area contributed by atoms with Crippen molar-refractivity contribution < 1.29 is 4.79 Å². The molecule has 1 N–H and O–H groups in total. The van der Waals surface area contributed by atoms with Gasteiger partial charge in [-0.2, -0.15) is 0 Å². The van der Waals surface area contributed by atoms with E-state index in [0.717, 1.165) is 59.2 Å². The highest BCUT2D eigenvalue weighted by atomic mass is 16.2. The van der Waals surface area contributed by atoms with E-state index in [1.54, 1.807) is 0 Å². The van der Waals surface area contributed by atoms with Gasteiger partial charge in [-0.1, -0.05) is 55.0 Å². The second kappa shape index (κ2) is 9.39. The van der Waals surface area contributed by atoms with Crippen LogP contribution in [0.25, 0.3) is 11.4 Å². The van der Waals surface area contributed by atoms with Crippen molar-refractivity contribution in [3.63, 3.8) is 0 Å². The SMILES string of the molecule is CCc1ccccc1NC(=O)N1CCN(c2nc(-c3ccc(C)cc3)nc(C)c2C)CC1. The molecule has 1 aromatic heterocycles. The Morgan fingerprint density at radius 3 is 2.31 bits per heavy atom. The van der Waals surface area contributed by atoms with Gasteiger partial charge in [0.05, 0.1) is 0 Å². The minimum atomic E-state index is -0.0403. The number of aryl methyl sites for hydroxylation is 3. The van der Waals surface area contributed by atoms with Gasteiger partial charge in [0, 0.05) is 48.7 Å². The lowest BCUT2D eigenvalue weighted by molar-refractivity contribution is 0.208. The van der Waals surface area contributed by atoms with Gasteiger partial charge in [0.15, 0.2) is 5.82 Å². The van der Waals surface area contributed by atoms with Crippen molar-refractivity contribution in [2.75, 3.05) is 36.4 Å². The lowest BCUT2D eigenvalue weighted by Crippen LogP contribution is -2.50. The molecule has 0 radical (unpaired) electrons. The maximum Gasteiger partial charge on any atom is 0.321 e. The van der Waals surface area contributed by atoms with Gasteiger partial charge in [-0.25, -0.2) is 14.8 Å². The average Bonchev–Trinajstić information content (AvgIpc) is 2.81. The van der Waals surface area contributed by atoms with E-state index in [-0.39, 0.29) is 6.03 Å². The van der Waals surface area contributed by atoms with Crippen molar-refractivity contribution in [2.24, 2.45) is 0 Å². The summed E-state index contributed by atoms with van der Waals surface area (Å²) in [5, 5.41) is 3.08. The Morgan fingerprint density at radius 2 is 1.62 bits per heavy atom. The summed E-state index contributed by atoms with van der Waals surface area (Å²) in [6.45, 7) is 11.1. The highest BCUT2D eigenvalue weighted by molar-refractivity contribution is 5.90. The summed E-state index contributed by atoms with van der Waals surface area (Å²) in [4.78, 5) is 26.6. The zero-order chi connectivity index (χ0) is 22.7. The quantitative estimate of drug-likeness (QED) is 0.635. The molecule has 6 heteroatoms. The number of amides is 2. The van der Waals surface area contributed by atoms with E-state index < -0.39 is 0 Å². The Bertz CT molecular complexity index is 1100. The number of hydrogen-bond donors (Lipinski definition) is 1. The van der Waals surface area contributed by atoms with E-state index in [0.29, 0.717) is 13.1 Å². The number of rotatable bonds is 4. The van der Waals surface area contributed by atoms with Crippen LogP contribution in [0.2, 0.25) is 0 Å². The number of nitrogens with one attached hydrogen (secondary N) is 1. The number of nitrogens with zero attached hydrogens (tertiary/aromatic N) is 4. The van der Waals surface area contributed by atoms with E-state index in [1.807, 2.05) is 30.0 Å². The van der Waals surface area contributed by atoms with Gasteiger partial charge in [0.2, 0.25) is 0 Å². The summed E-state index contributed by atoms with van der Waals surface area (Å²) >= 11 is 0. The van der Waals surface area contributed by atoms with Crippen molar-refractivity contribution in [1.29, 1.82) is 0 Å². The van der Waals surface area contributed by atoms with E-state index in [2.05, 4.69) is 61.3 Å². The highest BCUT2D eigenvalue weighted by Gasteiger charge is 2.24. The minimum Gasteiger partial charge on any atom is -0.353 e. The molecule has 1 saturated heterocycles. The van der Waals surface area contributed by atoms with Gasteiger partial charge >= 0.3 is 6.03 Å². The summed E-state index contributed by atoms with van der Waals surface area (Å²) in [5.74, 6) is 1.71. The maximum absolute atomic E-state index is 12.8. The summed E-state index contributed by atoms with van der Waals surface area (Å²) in [7, 11) is 0. The fourth-order valence-electron chi connectivity index (χ4n) is 4.02. The van der Waals surface area contributed by atoms with E-state index in [9.17, 15) is 4.79 Å². The van der Waals surface area contributed by atoms with Crippen LogP contribution in [-0.4, -0.2) is 47.1 Å². The monoisotopic (exact) mass is 429 g/mol. The van der Waals surface area contributed by atoms with Crippen molar-refractivity contribution >= 4 is 17.5 Å². The second-order valence-electron chi connectivity index (χ2n) is 8.36. The predicted molar refractivity (Wildman–Crippen MR) is 130 cm³/mol. The molecule has 3 aromatic rings. The van der Waals surface area contributed by atoms with Crippen LogP contribution in [0.15, 0.2) is 48.5 Å². The molecule has 2 amide bonds. The minimum absolute atomic E-state index is 0.0403. The summed E-state index contributed by atoms with van der Waals surface area (Å²) in [5.41, 5.74) is 6.36. The van der Waals surface area contributed by atoms with Crippen molar-refractivity contribution in [1.82, 2.24) is 14.9 Å². The second-order valence-corrected chi connectivity index (χ2v) is 8.36. The lowest BCUT2D eigenvalue weighted by Gasteiger charge is -2.36. The number of carbonyl (C=O) groups is 1. The molecule has 0 aliphatic carbocycles. The number of anilines is 2. The Hall–Kier alpha value is -3.41. The van der Waals surface area contributed by atoms with Gasteiger partial charge in [-0.3, -0.25) is 0 Å². The van der Waals surface area contributed by atoms with Crippen LogP contribution < -0.4 is 10.2 Å². The van der Waals surface area contributed by atoms with Crippen LogP contribution in [0, 0.1) is 20.8 Å². The largest absolute Gasteiger partial charge is 0.353 e. The molecule has 1 aliphatic rings. The Morgan fingerprint density at radius 1 is 0.938 bits per heavy atom. The molecule has 2 heterocycles. The number of aromatic nitrogens is 2. The first-order valence-electron chi connectivity index (χ1n) is 11.3. The Balaban J connectivity index is 1.47. The molecule has 4 rings (SSSR count). The summed E-state index contributed by atoms with van der Waals surface area (Å²) in [6, 6.07) is 16.2. The third-order valence-electron chi connectivity index (χ3n) is 6.18. The Labute approximate surface area is 190 Å². The number of para-hydroxylation sites is 1. The third-order valence-corrected chi connectivity index (χ3v) is 6.18. The average molecular weight is 430 g/mol. The van der Waals surface area contributed by atoms with Gasteiger partial charge < -0.3 is 15.1 Å². The lowest BCUT2D eigenvalue weighted by atomic mass is 10.1. The molecule has 32 heavy (non-hydrogen) atoms. The van der Waals surface area contributed by atoms with Crippen LogP contribution in [0.1, 0.15) is 29.3 Å². The Kier molecular flexibility index (Phi) is 6.40. The van der Waals surface area contributed by atoms with E-state index in [4.69, 9.17) is 9.97 Å². The molecule has 0 bridgehead atoms. The fourth-order valence-corrected chi connectivity index (χ4v) is 4.02. The van der Waals surface area contributed by atoms with Crippen LogP contribution in [-0.2, 0) is 6.42 Å². The van der Waals surface area contributed by atoms with Crippen LogP contribution >= 0.6 is 0 Å². The summed E-state index contributed by atoms with van der Waals surface area (Å²) in [6.07, 6.45) is 0.889. The zero-order valence-electron chi connectivity index (χ0n) is 19.4. The van der Waals surface area contributed by atoms with E-state index in [1.165, 1.54) is 5.56 Å². The van der Waals surface area contributed by atoms with Gasteiger partial charge in [0.25, 0.3) is 0 Å². The molecular formula is C26H31N5O. The zero-order valence-corrected chi connectivity index (χ0v) is 19.4. The van der Waals surface area contributed by atoms with Crippen LogP contribution in [0.3, 0.4) is 0 Å². The number of hydrogen-bond acceptors (Lipinski definition) is 4. The standard InChI is InChI=1S/C26H31N5O/c1-5-21-8-6-7-9-23(21)28-26(32)31-16-14-30(15-17-31)25-19(3)20(4)27-24(29-25)22-12-10-18(2)11-13-22/h6-13H,5,14-17H2,1-4H3,(H,28,32). The molecule has 0 spiro atoms. The smallest absolute Gasteiger partial charge is 0.321 e. The number of benzene rings is 2.